The molecule has 6 nitrogen and oxygen atoms in total. The number of rotatable bonds is 6. The number of carbonyl (C=O) groups excluding carboxylic acids is 2. The number of hydrogen-bond donors (Lipinski definition) is 1. The van der Waals surface area contributed by atoms with Crippen LogP contribution in [0, 0.1) is 13.8 Å². The van der Waals surface area contributed by atoms with Crippen LogP contribution in [-0.4, -0.2) is 37.2 Å². The minimum absolute atomic E-state index is 0.00226. The molecule has 1 atom stereocenters. The summed E-state index contributed by atoms with van der Waals surface area (Å²) in [6.45, 7) is 5.91. The number of likely N-dealkylation sites (N-methyl/N-ethyl adjacent to an activating group) is 1. The van der Waals surface area contributed by atoms with Crippen molar-refractivity contribution in [3.05, 3.63) is 74.4 Å². The fraction of sp³-hybridized carbons (Fsp3) is 0.304. The van der Waals surface area contributed by atoms with Crippen molar-refractivity contribution in [1.29, 1.82) is 0 Å². The number of urea groups is 1. The van der Waals surface area contributed by atoms with Crippen LogP contribution in [0.3, 0.4) is 0 Å². The second kappa shape index (κ2) is 9.62. The predicted octanol–water partition coefficient (Wildman–Crippen LogP) is 5.20. The largest absolute Gasteiger partial charge is 0.487 e. The molecule has 1 aliphatic heterocycles. The monoisotopic (exact) mass is 462 g/mol. The van der Waals surface area contributed by atoms with Crippen LogP contribution in [0.25, 0.3) is 0 Å². The number of ether oxygens (including phenoxy) is 2. The molecule has 1 aliphatic rings. The summed E-state index contributed by atoms with van der Waals surface area (Å²) in [5, 5.41) is 3.61. The molecule has 1 N–H and O–H groups in total. The number of aryl methyl sites for hydroxylation is 2. The van der Waals surface area contributed by atoms with Gasteiger partial charge in [0.15, 0.2) is 0 Å². The molecular weight excluding hydrogens is 439 g/mol. The van der Waals surface area contributed by atoms with Crippen molar-refractivity contribution in [3.8, 4) is 5.75 Å². The summed E-state index contributed by atoms with van der Waals surface area (Å²) in [6, 6.07) is 9.44. The highest BCUT2D eigenvalue weighted by atomic mass is 35.5. The van der Waals surface area contributed by atoms with E-state index in [0.29, 0.717) is 27.1 Å². The molecular formula is C23H24Cl2N2O4. The molecule has 0 fully saturated rings. The number of nitrogens with one attached hydrogen (secondary N) is 1. The van der Waals surface area contributed by atoms with E-state index in [-0.39, 0.29) is 24.8 Å². The minimum atomic E-state index is -0.800. The van der Waals surface area contributed by atoms with Crippen LogP contribution in [-0.2, 0) is 9.53 Å². The standard InChI is InChI=1S/C23H24Cl2N2O4/c1-5-30-22(28)20-19(12-31-16-8-6-13(2)14(3)10-16)27(4)23(29)26-21(20)17-9-7-15(24)11-18(17)25/h6-11,21H,5,12H2,1-4H3,(H,26,29). The van der Waals surface area contributed by atoms with Crippen LogP contribution in [0.1, 0.15) is 29.7 Å². The lowest BCUT2D eigenvalue weighted by Gasteiger charge is -2.34. The first-order valence-corrected chi connectivity index (χ1v) is 10.6. The van der Waals surface area contributed by atoms with Gasteiger partial charge in [-0.05, 0) is 61.7 Å². The van der Waals surface area contributed by atoms with Gasteiger partial charge in [0.25, 0.3) is 0 Å². The van der Waals surface area contributed by atoms with Gasteiger partial charge in [-0.2, -0.15) is 0 Å². The van der Waals surface area contributed by atoms with Gasteiger partial charge in [0, 0.05) is 17.1 Å². The average molecular weight is 463 g/mol. The Hall–Kier alpha value is -2.70. The maximum absolute atomic E-state index is 13.0. The number of halogens is 2. The molecule has 1 heterocycles. The Bertz CT molecular complexity index is 1050. The molecule has 0 saturated carbocycles. The average Bonchev–Trinajstić information content (AvgIpc) is 2.71. The number of hydrogen-bond acceptors (Lipinski definition) is 4. The van der Waals surface area contributed by atoms with Crippen molar-refractivity contribution in [2.45, 2.75) is 26.8 Å². The maximum atomic E-state index is 13.0. The van der Waals surface area contributed by atoms with Gasteiger partial charge in [-0.1, -0.05) is 35.3 Å². The lowest BCUT2D eigenvalue weighted by Crippen LogP contribution is -2.48. The van der Waals surface area contributed by atoms with E-state index in [1.807, 2.05) is 32.0 Å². The van der Waals surface area contributed by atoms with Crippen molar-refractivity contribution in [1.82, 2.24) is 10.2 Å². The molecule has 0 aliphatic carbocycles. The fourth-order valence-corrected chi connectivity index (χ4v) is 3.82. The van der Waals surface area contributed by atoms with E-state index in [2.05, 4.69) is 5.32 Å². The van der Waals surface area contributed by atoms with E-state index < -0.39 is 12.0 Å². The first kappa shape index (κ1) is 23.0. The second-order valence-corrected chi connectivity index (χ2v) is 8.07. The normalized spacial score (nSPS) is 16.3. The summed E-state index contributed by atoms with van der Waals surface area (Å²) >= 11 is 12.4. The zero-order valence-electron chi connectivity index (χ0n) is 17.8. The van der Waals surface area contributed by atoms with E-state index in [4.69, 9.17) is 32.7 Å². The molecule has 0 spiro atoms. The summed E-state index contributed by atoms with van der Waals surface area (Å²) in [4.78, 5) is 27.0. The molecule has 2 aromatic rings. The molecule has 0 saturated heterocycles. The Kier molecular flexibility index (Phi) is 7.13. The van der Waals surface area contributed by atoms with Gasteiger partial charge in [0.05, 0.1) is 23.9 Å². The summed E-state index contributed by atoms with van der Waals surface area (Å²) in [6.07, 6.45) is 0. The smallest absolute Gasteiger partial charge is 0.338 e. The van der Waals surface area contributed by atoms with Crippen LogP contribution >= 0.6 is 23.2 Å². The van der Waals surface area contributed by atoms with Gasteiger partial charge in [-0.3, -0.25) is 4.90 Å². The Balaban J connectivity index is 2.06. The molecule has 8 heteroatoms. The van der Waals surface area contributed by atoms with E-state index in [1.165, 1.54) is 4.90 Å². The number of nitrogens with zero attached hydrogens (tertiary/aromatic N) is 1. The number of carbonyl (C=O) groups is 2. The van der Waals surface area contributed by atoms with Crippen LogP contribution in [0.4, 0.5) is 4.79 Å². The SMILES string of the molecule is CCOC(=O)C1=C(COc2ccc(C)c(C)c2)N(C)C(=O)NC1c1ccc(Cl)cc1Cl. The van der Waals surface area contributed by atoms with Crippen LogP contribution in [0.2, 0.25) is 10.0 Å². The van der Waals surface area contributed by atoms with Crippen molar-refractivity contribution < 1.29 is 19.1 Å². The summed E-state index contributed by atoms with van der Waals surface area (Å²) < 4.78 is 11.2. The third-order valence-corrected chi connectivity index (χ3v) is 5.76. The molecule has 2 aromatic carbocycles. The third kappa shape index (κ3) is 4.97. The second-order valence-electron chi connectivity index (χ2n) is 7.22. The van der Waals surface area contributed by atoms with E-state index in [9.17, 15) is 9.59 Å². The van der Waals surface area contributed by atoms with Crippen molar-refractivity contribution in [2.24, 2.45) is 0 Å². The lowest BCUT2D eigenvalue weighted by molar-refractivity contribution is -0.139. The molecule has 164 valence electrons. The van der Waals surface area contributed by atoms with E-state index in [1.54, 1.807) is 32.2 Å². The van der Waals surface area contributed by atoms with Gasteiger partial charge in [0.2, 0.25) is 0 Å². The molecule has 0 radical (unpaired) electrons. The topological polar surface area (TPSA) is 67.9 Å². The predicted molar refractivity (Wildman–Crippen MR) is 121 cm³/mol. The van der Waals surface area contributed by atoms with Crippen LogP contribution in [0.15, 0.2) is 47.7 Å². The van der Waals surface area contributed by atoms with Crippen LogP contribution in [0.5, 0.6) is 5.75 Å². The van der Waals surface area contributed by atoms with E-state index >= 15 is 0 Å². The number of esters is 1. The van der Waals surface area contributed by atoms with Crippen LogP contribution < -0.4 is 10.1 Å². The van der Waals surface area contributed by atoms with Gasteiger partial charge in [-0.15, -0.1) is 0 Å². The maximum Gasteiger partial charge on any atom is 0.338 e. The van der Waals surface area contributed by atoms with Gasteiger partial charge < -0.3 is 14.8 Å². The quantitative estimate of drug-likeness (QED) is 0.598. The molecule has 0 bridgehead atoms. The number of amides is 2. The molecule has 1 unspecified atom stereocenters. The zero-order valence-corrected chi connectivity index (χ0v) is 19.3. The lowest BCUT2D eigenvalue weighted by atomic mass is 9.94. The molecule has 31 heavy (non-hydrogen) atoms. The summed E-state index contributed by atoms with van der Waals surface area (Å²) in [5.74, 6) is 0.0864. The highest BCUT2D eigenvalue weighted by Crippen LogP contribution is 2.36. The number of benzene rings is 2. The summed E-state index contributed by atoms with van der Waals surface area (Å²) in [5.41, 5.74) is 3.43. The summed E-state index contributed by atoms with van der Waals surface area (Å²) in [7, 11) is 1.58. The Morgan fingerprint density at radius 1 is 1.13 bits per heavy atom. The van der Waals surface area contributed by atoms with Gasteiger partial charge in [0.1, 0.15) is 12.4 Å². The fourth-order valence-electron chi connectivity index (χ4n) is 3.31. The third-order valence-electron chi connectivity index (χ3n) is 5.20. The van der Waals surface area contributed by atoms with E-state index in [0.717, 1.165) is 11.1 Å². The molecule has 3 rings (SSSR count). The first-order valence-electron chi connectivity index (χ1n) is 9.82. The Morgan fingerprint density at radius 2 is 1.87 bits per heavy atom. The molecule has 0 aromatic heterocycles. The van der Waals surface area contributed by atoms with Crippen molar-refractivity contribution in [2.75, 3.05) is 20.3 Å². The first-order chi connectivity index (χ1) is 14.7. The Labute approximate surface area is 191 Å². The Morgan fingerprint density at radius 3 is 2.52 bits per heavy atom. The van der Waals surface area contributed by atoms with Gasteiger partial charge in [-0.25, -0.2) is 9.59 Å². The van der Waals surface area contributed by atoms with Gasteiger partial charge >= 0.3 is 12.0 Å². The molecule has 2 amide bonds. The minimum Gasteiger partial charge on any atom is -0.487 e. The van der Waals surface area contributed by atoms with Crippen molar-refractivity contribution >= 4 is 35.2 Å². The van der Waals surface area contributed by atoms with Crippen molar-refractivity contribution in [3.63, 3.8) is 0 Å². The highest BCUT2D eigenvalue weighted by molar-refractivity contribution is 6.35. The zero-order chi connectivity index (χ0) is 22.7. The highest BCUT2D eigenvalue weighted by Gasteiger charge is 2.38.